The van der Waals surface area contributed by atoms with Crippen LogP contribution in [0.1, 0.15) is 27.7 Å². The minimum absolute atomic E-state index is 0.0716. The monoisotopic (exact) mass is 236 g/mol. The SMILES string of the molecule is COC(=O)C(C)C(C)S(=O)(=O)CC(C)C. The second-order valence-electron chi connectivity index (χ2n) is 4.24. The third-order valence-electron chi connectivity index (χ3n) is 2.41. The van der Waals surface area contributed by atoms with Crippen molar-refractivity contribution in [2.24, 2.45) is 11.8 Å². The number of esters is 1. The highest BCUT2D eigenvalue weighted by Crippen LogP contribution is 2.16. The van der Waals surface area contributed by atoms with Crippen LogP contribution >= 0.6 is 0 Å². The molecule has 0 aromatic rings. The van der Waals surface area contributed by atoms with Crippen molar-refractivity contribution in [3.8, 4) is 0 Å². The third-order valence-corrected chi connectivity index (χ3v) is 5.08. The van der Waals surface area contributed by atoms with Gasteiger partial charge >= 0.3 is 5.97 Å². The summed E-state index contributed by atoms with van der Waals surface area (Å²) < 4.78 is 28.1. The smallest absolute Gasteiger partial charge is 0.309 e. The number of hydrogen-bond acceptors (Lipinski definition) is 4. The normalized spacial score (nSPS) is 16.1. The van der Waals surface area contributed by atoms with E-state index in [1.807, 2.05) is 13.8 Å². The summed E-state index contributed by atoms with van der Waals surface area (Å²) in [5.74, 6) is -0.911. The van der Waals surface area contributed by atoms with Gasteiger partial charge in [0.25, 0.3) is 0 Å². The van der Waals surface area contributed by atoms with Gasteiger partial charge in [-0.1, -0.05) is 20.8 Å². The number of sulfone groups is 1. The standard InChI is InChI=1S/C10H20O4S/c1-7(2)6-15(12,13)9(4)8(3)10(11)14-5/h7-9H,6H2,1-5H3. The van der Waals surface area contributed by atoms with E-state index in [2.05, 4.69) is 4.74 Å². The van der Waals surface area contributed by atoms with E-state index in [1.54, 1.807) is 13.8 Å². The largest absolute Gasteiger partial charge is 0.469 e. The molecule has 0 saturated heterocycles. The molecule has 0 radical (unpaired) electrons. The number of rotatable bonds is 5. The summed E-state index contributed by atoms with van der Waals surface area (Å²) in [5, 5.41) is -0.688. The molecule has 2 atom stereocenters. The highest BCUT2D eigenvalue weighted by atomic mass is 32.2. The molecule has 0 aromatic carbocycles. The average Bonchev–Trinajstić information content (AvgIpc) is 2.12. The maximum atomic E-state index is 11.8. The van der Waals surface area contributed by atoms with Gasteiger partial charge in [-0.2, -0.15) is 0 Å². The molecule has 4 nitrogen and oxygen atoms in total. The molecular formula is C10H20O4S. The molecule has 0 aliphatic rings. The first kappa shape index (κ1) is 14.4. The lowest BCUT2D eigenvalue weighted by Gasteiger charge is -2.19. The summed E-state index contributed by atoms with van der Waals surface area (Å²) in [6.45, 7) is 6.81. The quantitative estimate of drug-likeness (QED) is 0.674. The summed E-state index contributed by atoms with van der Waals surface area (Å²) >= 11 is 0. The fourth-order valence-electron chi connectivity index (χ4n) is 1.30. The predicted octanol–water partition coefficient (Wildman–Crippen LogP) is 1.25. The molecular weight excluding hydrogens is 216 g/mol. The molecule has 0 saturated carbocycles. The highest BCUT2D eigenvalue weighted by Gasteiger charge is 2.31. The first-order chi connectivity index (χ1) is 6.72. The van der Waals surface area contributed by atoms with Gasteiger partial charge in [-0.05, 0) is 12.8 Å². The van der Waals surface area contributed by atoms with Crippen molar-refractivity contribution in [2.45, 2.75) is 32.9 Å². The van der Waals surface area contributed by atoms with Gasteiger partial charge in [0.1, 0.15) is 0 Å². The maximum absolute atomic E-state index is 11.8. The van der Waals surface area contributed by atoms with Gasteiger partial charge < -0.3 is 4.74 Å². The van der Waals surface area contributed by atoms with Crippen molar-refractivity contribution in [1.82, 2.24) is 0 Å². The molecule has 0 aromatic heterocycles. The molecule has 0 N–H and O–H groups in total. The van der Waals surface area contributed by atoms with E-state index in [-0.39, 0.29) is 11.7 Å². The Balaban J connectivity index is 4.69. The predicted molar refractivity (Wildman–Crippen MR) is 59.3 cm³/mol. The Bertz CT molecular complexity index is 305. The number of ether oxygens (including phenoxy) is 1. The van der Waals surface area contributed by atoms with Gasteiger partial charge in [-0.25, -0.2) is 8.42 Å². The average molecular weight is 236 g/mol. The summed E-state index contributed by atoms with van der Waals surface area (Å²) in [6, 6.07) is 0. The van der Waals surface area contributed by atoms with E-state index < -0.39 is 27.0 Å². The van der Waals surface area contributed by atoms with E-state index in [9.17, 15) is 13.2 Å². The minimum atomic E-state index is -3.21. The Kier molecular flexibility index (Phi) is 5.28. The summed E-state index contributed by atoms with van der Waals surface area (Å²) in [4.78, 5) is 11.2. The Hall–Kier alpha value is -0.580. The second-order valence-corrected chi connectivity index (χ2v) is 6.64. The van der Waals surface area contributed by atoms with Crippen LogP contribution in [0.5, 0.6) is 0 Å². The zero-order valence-corrected chi connectivity index (χ0v) is 10.8. The number of carbonyl (C=O) groups is 1. The minimum Gasteiger partial charge on any atom is -0.469 e. The molecule has 0 aliphatic carbocycles. The topological polar surface area (TPSA) is 60.4 Å². The lowest BCUT2D eigenvalue weighted by atomic mass is 10.1. The van der Waals surface area contributed by atoms with Gasteiger partial charge in [0.05, 0.1) is 24.0 Å². The van der Waals surface area contributed by atoms with Gasteiger partial charge in [0.15, 0.2) is 9.84 Å². The molecule has 0 spiro atoms. The van der Waals surface area contributed by atoms with Gasteiger partial charge in [-0.15, -0.1) is 0 Å². The van der Waals surface area contributed by atoms with Crippen LogP contribution in [-0.4, -0.2) is 32.5 Å². The lowest BCUT2D eigenvalue weighted by Crippen LogP contribution is -2.34. The summed E-state index contributed by atoms with van der Waals surface area (Å²) in [5.41, 5.74) is 0. The van der Waals surface area contributed by atoms with Crippen molar-refractivity contribution >= 4 is 15.8 Å². The first-order valence-corrected chi connectivity index (χ1v) is 6.73. The van der Waals surface area contributed by atoms with Crippen LogP contribution in [0.4, 0.5) is 0 Å². The van der Waals surface area contributed by atoms with E-state index in [1.165, 1.54) is 7.11 Å². The van der Waals surface area contributed by atoms with Crippen LogP contribution < -0.4 is 0 Å². The molecule has 15 heavy (non-hydrogen) atoms. The zero-order chi connectivity index (χ0) is 12.2. The molecule has 90 valence electrons. The van der Waals surface area contributed by atoms with Crippen LogP contribution in [0, 0.1) is 11.8 Å². The maximum Gasteiger partial charge on any atom is 0.309 e. The molecule has 0 aliphatic heterocycles. The Labute approximate surface area is 91.9 Å². The number of hydrogen-bond donors (Lipinski definition) is 0. The van der Waals surface area contributed by atoms with E-state index in [0.717, 1.165) is 0 Å². The fraction of sp³-hybridized carbons (Fsp3) is 0.900. The Morgan fingerprint density at radius 1 is 1.20 bits per heavy atom. The van der Waals surface area contributed by atoms with E-state index in [0.29, 0.717) is 0 Å². The van der Waals surface area contributed by atoms with Crippen molar-refractivity contribution in [3.63, 3.8) is 0 Å². The van der Waals surface area contributed by atoms with Crippen molar-refractivity contribution < 1.29 is 17.9 Å². The fourth-order valence-corrected chi connectivity index (χ4v) is 3.27. The van der Waals surface area contributed by atoms with Crippen LogP contribution in [-0.2, 0) is 19.4 Å². The van der Waals surface area contributed by atoms with Crippen LogP contribution in [0.25, 0.3) is 0 Å². The zero-order valence-electron chi connectivity index (χ0n) is 9.98. The summed E-state index contributed by atoms with van der Waals surface area (Å²) in [7, 11) is -1.95. The van der Waals surface area contributed by atoms with Crippen molar-refractivity contribution in [1.29, 1.82) is 0 Å². The Morgan fingerprint density at radius 2 is 1.67 bits per heavy atom. The Morgan fingerprint density at radius 3 is 2.00 bits per heavy atom. The molecule has 0 heterocycles. The molecule has 0 bridgehead atoms. The molecule has 0 fully saturated rings. The molecule has 5 heteroatoms. The van der Waals surface area contributed by atoms with E-state index >= 15 is 0 Å². The lowest BCUT2D eigenvalue weighted by molar-refractivity contribution is -0.144. The summed E-state index contributed by atoms with van der Waals surface area (Å²) in [6.07, 6.45) is 0. The first-order valence-electron chi connectivity index (χ1n) is 5.01. The van der Waals surface area contributed by atoms with Crippen LogP contribution in [0.2, 0.25) is 0 Å². The molecule has 0 rings (SSSR count). The van der Waals surface area contributed by atoms with Crippen molar-refractivity contribution in [2.75, 3.05) is 12.9 Å². The van der Waals surface area contributed by atoms with Crippen molar-refractivity contribution in [3.05, 3.63) is 0 Å². The van der Waals surface area contributed by atoms with Crippen LogP contribution in [0.15, 0.2) is 0 Å². The van der Waals surface area contributed by atoms with Gasteiger partial charge in [0.2, 0.25) is 0 Å². The number of carbonyl (C=O) groups excluding carboxylic acids is 1. The van der Waals surface area contributed by atoms with Crippen LogP contribution in [0.3, 0.4) is 0 Å². The second kappa shape index (κ2) is 5.49. The van der Waals surface area contributed by atoms with E-state index in [4.69, 9.17) is 0 Å². The van der Waals surface area contributed by atoms with Gasteiger partial charge in [-0.3, -0.25) is 4.79 Å². The molecule has 0 amide bonds. The van der Waals surface area contributed by atoms with Gasteiger partial charge in [0, 0.05) is 0 Å². The molecule has 2 unspecified atom stereocenters. The number of methoxy groups -OCH3 is 1. The highest BCUT2D eigenvalue weighted by molar-refractivity contribution is 7.92. The third kappa shape index (κ3) is 4.20.